The van der Waals surface area contributed by atoms with Gasteiger partial charge in [-0.25, -0.2) is 0 Å². The first-order chi connectivity index (χ1) is 8.85. The van der Waals surface area contributed by atoms with Crippen molar-refractivity contribution in [1.82, 2.24) is 15.5 Å². The lowest BCUT2D eigenvalue weighted by Crippen LogP contribution is -2.40. The van der Waals surface area contributed by atoms with E-state index in [9.17, 15) is 4.79 Å². The Morgan fingerprint density at radius 1 is 1.26 bits per heavy atom. The van der Waals surface area contributed by atoms with Crippen molar-refractivity contribution in [2.75, 3.05) is 0 Å². The average molecular weight is 322 g/mol. The molecule has 2 N–H and O–H groups in total. The minimum Gasteiger partial charge on any atom is -0.346 e. The van der Waals surface area contributed by atoms with Crippen LogP contribution in [0.1, 0.15) is 31.3 Å². The molecule has 0 aliphatic rings. The predicted octanol–water partition coefficient (Wildman–Crippen LogP) is 3.37. The van der Waals surface area contributed by atoms with Gasteiger partial charge in [-0.3, -0.25) is 9.89 Å². The summed E-state index contributed by atoms with van der Waals surface area (Å²) in [7, 11) is 0. The molecular formula is C14H16BrN3O. The Bertz CT molecular complexity index is 581. The van der Waals surface area contributed by atoms with Gasteiger partial charge in [-0.05, 0) is 39.0 Å². The van der Waals surface area contributed by atoms with E-state index >= 15 is 0 Å². The second-order valence-corrected chi connectivity index (χ2v) is 6.29. The smallest absolute Gasteiger partial charge is 0.269 e. The largest absolute Gasteiger partial charge is 0.346 e. The van der Waals surface area contributed by atoms with Gasteiger partial charge >= 0.3 is 0 Å². The van der Waals surface area contributed by atoms with Crippen LogP contribution in [0.4, 0.5) is 0 Å². The Kier molecular flexibility index (Phi) is 3.75. The van der Waals surface area contributed by atoms with E-state index in [1.165, 1.54) is 0 Å². The maximum Gasteiger partial charge on any atom is 0.269 e. The molecule has 0 aliphatic carbocycles. The molecule has 19 heavy (non-hydrogen) atoms. The first kappa shape index (κ1) is 13.8. The maximum atomic E-state index is 12.0. The number of aromatic amines is 1. The average Bonchev–Trinajstić information content (AvgIpc) is 2.77. The van der Waals surface area contributed by atoms with Gasteiger partial charge in [-0.15, -0.1) is 0 Å². The number of aromatic nitrogens is 2. The van der Waals surface area contributed by atoms with Crippen LogP contribution in [0, 0.1) is 0 Å². The Morgan fingerprint density at radius 3 is 2.47 bits per heavy atom. The third kappa shape index (κ3) is 3.67. The molecule has 0 spiro atoms. The van der Waals surface area contributed by atoms with Gasteiger partial charge in [0.15, 0.2) is 0 Å². The molecule has 5 heteroatoms. The number of nitrogens with zero attached hydrogens (tertiary/aromatic N) is 1. The van der Waals surface area contributed by atoms with Crippen LogP contribution in [-0.4, -0.2) is 21.6 Å². The minimum absolute atomic E-state index is 0.150. The monoisotopic (exact) mass is 321 g/mol. The van der Waals surface area contributed by atoms with E-state index in [-0.39, 0.29) is 11.4 Å². The van der Waals surface area contributed by atoms with E-state index < -0.39 is 0 Å². The lowest BCUT2D eigenvalue weighted by molar-refractivity contribution is 0.0914. The van der Waals surface area contributed by atoms with E-state index in [0.29, 0.717) is 5.69 Å². The van der Waals surface area contributed by atoms with Gasteiger partial charge in [0.05, 0.1) is 5.69 Å². The number of carbonyl (C=O) groups is 1. The maximum absolute atomic E-state index is 12.0. The van der Waals surface area contributed by atoms with Crippen molar-refractivity contribution >= 4 is 21.8 Å². The predicted molar refractivity (Wildman–Crippen MR) is 78.9 cm³/mol. The summed E-state index contributed by atoms with van der Waals surface area (Å²) in [6.07, 6.45) is 0. The fourth-order valence-electron chi connectivity index (χ4n) is 1.61. The molecule has 2 rings (SSSR count). The lowest BCUT2D eigenvalue weighted by atomic mass is 10.1. The summed E-state index contributed by atoms with van der Waals surface area (Å²) < 4.78 is 1.01. The fourth-order valence-corrected chi connectivity index (χ4v) is 1.88. The normalized spacial score (nSPS) is 11.4. The van der Waals surface area contributed by atoms with Crippen LogP contribution in [0.25, 0.3) is 11.3 Å². The molecule has 0 radical (unpaired) electrons. The van der Waals surface area contributed by atoms with Crippen molar-refractivity contribution in [2.45, 2.75) is 26.3 Å². The fraction of sp³-hybridized carbons (Fsp3) is 0.286. The number of rotatable bonds is 2. The molecule has 1 aromatic carbocycles. The molecular weight excluding hydrogens is 306 g/mol. The molecule has 4 nitrogen and oxygen atoms in total. The van der Waals surface area contributed by atoms with Crippen LogP contribution in [0.15, 0.2) is 34.8 Å². The second kappa shape index (κ2) is 5.17. The number of carbonyl (C=O) groups excluding carboxylic acids is 1. The van der Waals surface area contributed by atoms with Gasteiger partial charge < -0.3 is 5.32 Å². The Hall–Kier alpha value is -1.62. The standard InChI is InChI=1S/C14H16BrN3O/c1-14(2,3)16-13(19)12-8-11(17-18-12)9-4-6-10(15)7-5-9/h4-8H,1-3H3,(H,16,19)(H,17,18). The third-order valence-electron chi connectivity index (χ3n) is 2.45. The highest BCUT2D eigenvalue weighted by Gasteiger charge is 2.17. The number of halogens is 1. The van der Waals surface area contributed by atoms with Crippen molar-refractivity contribution in [3.05, 3.63) is 40.5 Å². The first-order valence-electron chi connectivity index (χ1n) is 5.99. The molecule has 1 amide bonds. The van der Waals surface area contributed by atoms with Crippen LogP contribution in [0.3, 0.4) is 0 Å². The van der Waals surface area contributed by atoms with Crippen LogP contribution < -0.4 is 5.32 Å². The number of hydrogen-bond donors (Lipinski definition) is 2. The van der Waals surface area contributed by atoms with E-state index in [1.54, 1.807) is 6.07 Å². The summed E-state index contributed by atoms with van der Waals surface area (Å²) in [6.45, 7) is 5.82. The highest BCUT2D eigenvalue weighted by molar-refractivity contribution is 9.10. The number of H-pyrrole nitrogens is 1. The highest BCUT2D eigenvalue weighted by Crippen LogP contribution is 2.20. The summed E-state index contributed by atoms with van der Waals surface area (Å²) in [5.74, 6) is -0.150. The van der Waals surface area contributed by atoms with Gasteiger partial charge in [0, 0.05) is 15.6 Å². The molecule has 0 saturated carbocycles. The molecule has 0 aliphatic heterocycles. The summed E-state index contributed by atoms with van der Waals surface area (Å²) in [6, 6.07) is 9.54. The second-order valence-electron chi connectivity index (χ2n) is 5.38. The van der Waals surface area contributed by atoms with Gasteiger partial charge in [-0.1, -0.05) is 28.1 Å². The van der Waals surface area contributed by atoms with Crippen LogP contribution in [0.5, 0.6) is 0 Å². The van der Waals surface area contributed by atoms with Crippen LogP contribution in [-0.2, 0) is 0 Å². The van der Waals surface area contributed by atoms with E-state index in [1.807, 2.05) is 45.0 Å². The quantitative estimate of drug-likeness (QED) is 0.891. The zero-order valence-corrected chi connectivity index (χ0v) is 12.7. The summed E-state index contributed by atoms with van der Waals surface area (Å²) in [5, 5.41) is 9.83. The summed E-state index contributed by atoms with van der Waals surface area (Å²) >= 11 is 3.39. The molecule has 0 atom stereocenters. The Labute approximate surface area is 120 Å². The first-order valence-corrected chi connectivity index (χ1v) is 6.78. The highest BCUT2D eigenvalue weighted by atomic mass is 79.9. The summed E-state index contributed by atoms with van der Waals surface area (Å²) in [4.78, 5) is 12.0. The zero-order valence-electron chi connectivity index (χ0n) is 11.1. The van der Waals surface area contributed by atoms with Crippen molar-refractivity contribution < 1.29 is 4.79 Å². The van der Waals surface area contributed by atoms with Crippen molar-refractivity contribution in [2.24, 2.45) is 0 Å². The van der Waals surface area contributed by atoms with Gasteiger partial charge in [0.25, 0.3) is 5.91 Å². The van der Waals surface area contributed by atoms with E-state index in [4.69, 9.17) is 0 Å². The van der Waals surface area contributed by atoms with Gasteiger partial charge in [0.2, 0.25) is 0 Å². The molecule has 0 unspecified atom stereocenters. The Balaban J connectivity index is 2.19. The summed E-state index contributed by atoms with van der Waals surface area (Å²) in [5.41, 5.74) is 1.92. The lowest BCUT2D eigenvalue weighted by Gasteiger charge is -2.19. The SMILES string of the molecule is CC(C)(C)NC(=O)c1cc(-c2ccc(Br)cc2)n[nH]1. The van der Waals surface area contributed by atoms with Crippen molar-refractivity contribution in [1.29, 1.82) is 0 Å². The van der Waals surface area contributed by atoms with Crippen molar-refractivity contribution in [3.63, 3.8) is 0 Å². The molecule has 1 aromatic heterocycles. The van der Waals surface area contributed by atoms with Crippen LogP contribution >= 0.6 is 15.9 Å². The van der Waals surface area contributed by atoms with E-state index in [0.717, 1.165) is 15.7 Å². The molecule has 2 aromatic rings. The molecule has 100 valence electrons. The van der Waals surface area contributed by atoms with Gasteiger partial charge in [-0.2, -0.15) is 5.10 Å². The van der Waals surface area contributed by atoms with Gasteiger partial charge in [0.1, 0.15) is 5.69 Å². The number of amides is 1. The molecule has 0 bridgehead atoms. The zero-order chi connectivity index (χ0) is 14.0. The third-order valence-corrected chi connectivity index (χ3v) is 2.98. The van der Waals surface area contributed by atoms with Crippen molar-refractivity contribution in [3.8, 4) is 11.3 Å². The topological polar surface area (TPSA) is 57.8 Å². The Morgan fingerprint density at radius 2 is 1.89 bits per heavy atom. The van der Waals surface area contributed by atoms with E-state index in [2.05, 4.69) is 31.4 Å². The molecule has 0 saturated heterocycles. The minimum atomic E-state index is -0.264. The number of hydrogen-bond acceptors (Lipinski definition) is 2. The molecule has 0 fully saturated rings. The van der Waals surface area contributed by atoms with Crippen LogP contribution in [0.2, 0.25) is 0 Å². The molecule has 1 heterocycles. The number of benzene rings is 1. The number of nitrogens with one attached hydrogen (secondary N) is 2.